The summed E-state index contributed by atoms with van der Waals surface area (Å²) in [6, 6.07) is 7.31. The number of alkyl halides is 1. The first-order chi connectivity index (χ1) is 14.8. The minimum Gasteiger partial charge on any atom is -0.474 e. The molecule has 2 heterocycles. The summed E-state index contributed by atoms with van der Waals surface area (Å²) in [5.41, 5.74) is 0.567. The van der Waals surface area contributed by atoms with E-state index in [1.54, 1.807) is 23.1 Å². The molecule has 1 aliphatic heterocycles. The van der Waals surface area contributed by atoms with Crippen LogP contribution in [0.3, 0.4) is 0 Å². The number of carbonyl (C=O) groups excluding carboxylic acids is 1. The molecular weight excluding hydrogens is 424 g/mol. The maximum atomic E-state index is 14.3. The maximum absolute atomic E-state index is 14.3. The zero-order valence-electron chi connectivity index (χ0n) is 17.2. The molecule has 3 unspecified atom stereocenters. The Bertz CT molecular complexity index is 1000. The smallest absolute Gasteiger partial charge is 0.226 e. The Morgan fingerprint density at radius 1 is 1.29 bits per heavy atom. The average Bonchev–Trinajstić information content (AvgIpc) is 3.39. The van der Waals surface area contributed by atoms with Gasteiger partial charge < -0.3 is 9.64 Å². The Kier molecular flexibility index (Phi) is 5.12. The van der Waals surface area contributed by atoms with Crippen LogP contribution in [0.2, 0.25) is 5.15 Å². The number of carbonyl (C=O) groups is 1. The Morgan fingerprint density at radius 2 is 2.10 bits per heavy atom. The van der Waals surface area contributed by atoms with Crippen LogP contribution in [0, 0.1) is 23.1 Å². The minimum atomic E-state index is -1.09. The number of hydrogen-bond donors (Lipinski definition) is 0. The summed E-state index contributed by atoms with van der Waals surface area (Å²) in [4.78, 5) is 23.1. The van der Waals surface area contributed by atoms with Crippen LogP contribution >= 0.6 is 11.6 Å². The summed E-state index contributed by atoms with van der Waals surface area (Å²) in [6.45, 7) is 2.07. The summed E-state index contributed by atoms with van der Waals surface area (Å²) in [7, 11) is 0. The molecule has 4 fully saturated rings. The second kappa shape index (κ2) is 7.69. The van der Waals surface area contributed by atoms with Crippen LogP contribution in [-0.4, -0.2) is 39.6 Å². The highest BCUT2D eigenvalue weighted by molar-refractivity contribution is 6.29. The van der Waals surface area contributed by atoms with Gasteiger partial charge in [0.2, 0.25) is 11.8 Å². The lowest BCUT2D eigenvalue weighted by molar-refractivity contribution is -0.137. The molecule has 2 bridgehead atoms. The number of fused-ring (bicyclic) bond motifs is 1. The first-order valence-electron chi connectivity index (χ1n) is 10.7. The number of halogens is 3. The lowest BCUT2D eigenvalue weighted by Gasteiger charge is -2.42. The largest absolute Gasteiger partial charge is 0.474 e. The average molecular weight is 448 g/mol. The predicted molar refractivity (Wildman–Crippen MR) is 111 cm³/mol. The Hall–Kier alpha value is -2.28. The number of benzene rings is 1. The number of amides is 1. The van der Waals surface area contributed by atoms with Gasteiger partial charge >= 0.3 is 0 Å². The molecule has 4 aliphatic rings. The molecule has 164 valence electrons. The van der Waals surface area contributed by atoms with Crippen molar-refractivity contribution in [3.8, 4) is 5.88 Å². The van der Waals surface area contributed by atoms with Crippen LogP contribution in [0.4, 0.5) is 8.78 Å². The van der Waals surface area contributed by atoms with Crippen LogP contribution in [0.15, 0.2) is 36.7 Å². The highest BCUT2D eigenvalue weighted by atomic mass is 35.5. The van der Waals surface area contributed by atoms with Gasteiger partial charge in [0.15, 0.2) is 0 Å². The highest BCUT2D eigenvalue weighted by Gasteiger charge is 2.62. The van der Waals surface area contributed by atoms with Gasteiger partial charge in [-0.1, -0.05) is 23.7 Å². The number of likely N-dealkylation sites (tertiary alicyclic amines) is 1. The molecule has 8 heteroatoms. The first kappa shape index (κ1) is 20.6. The summed E-state index contributed by atoms with van der Waals surface area (Å²) < 4.78 is 34.1. The van der Waals surface area contributed by atoms with Crippen LogP contribution in [0.1, 0.15) is 44.2 Å². The highest BCUT2D eigenvalue weighted by Crippen LogP contribution is 2.64. The van der Waals surface area contributed by atoms with Gasteiger partial charge in [0.25, 0.3) is 0 Å². The van der Waals surface area contributed by atoms with E-state index < -0.39 is 12.2 Å². The van der Waals surface area contributed by atoms with Gasteiger partial charge in [0.05, 0.1) is 12.6 Å². The van der Waals surface area contributed by atoms with E-state index >= 15 is 0 Å². The van der Waals surface area contributed by atoms with Gasteiger partial charge in [-0.25, -0.2) is 18.7 Å². The Balaban J connectivity index is 1.30. The maximum Gasteiger partial charge on any atom is 0.226 e. The molecule has 0 spiro atoms. The van der Waals surface area contributed by atoms with E-state index in [0.717, 1.165) is 12.8 Å². The summed E-state index contributed by atoms with van der Waals surface area (Å²) in [5.74, 6) is 0.160. The monoisotopic (exact) mass is 447 g/mol. The molecule has 1 aromatic heterocycles. The quantitative estimate of drug-likeness (QED) is 0.620. The number of rotatable bonds is 5. The van der Waals surface area contributed by atoms with E-state index in [1.165, 1.54) is 18.5 Å². The van der Waals surface area contributed by atoms with Crippen molar-refractivity contribution in [2.45, 2.75) is 50.9 Å². The van der Waals surface area contributed by atoms with E-state index in [1.807, 2.05) is 6.92 Å². The van der Waals surface area contributed by atoms with Gasteiger partial charge in [-0.15, -0.1) is 0 Å². The van der Waals surface area contributed by atoms with Crippen LogP contribution < -0.4 is 4.74 Å². The SMILES string of the molecule is CC(Oc1cc(Cl)ncn1)C12CC(C1)[C@@H](C(=O)N1CC(F)CC1c1cccc(F)c1)C2. The van der Waals surface area contributed by atoms with Crippen molar-refractivity contribution < 1.29 is 18.3 Å². The second-order valence-corrected chi connectivity index (χ2v) is 9.56. The molecule has 0 N–H and O–H groups in total. The topological polar surface area (TPSA) is 55.3 Å². The van der Waals surface area contributed by atoms with Crippen molar-refractivity contribution in [1.29, 1.82) is 0 Å². The van der Waals surface area contributed by atoms with E-state index in [2.05, 4.69) is 9.97 Å². The summed E-state index contributed by atoms with van der Waals surface area (Å²) >= 11 is 5.92. The van der Waals surface area contributed by atoms with Crippen molar-refractivity contribution in [2.24, 2.45) is 17.3 Å². The normalized spacial score (nSPS) is 32.6. The minimum absolute atomic E-state index is 0.0175. The molecule has 6 rings (SSSR count). The molecule has 3 aliphatic carbocycles. The molecule has 3 saturated carbocycles. The fraction of sp³-hybridized carbons (Fsp3) is 0.522. The number of hydrogen-bond acceptors (Lipinski definition) is 4. The van der Waals surface area contributed by atoms with E-state index in [9.17, 15) is 13.6 Å². The van der Waals surface area contributed by atoms with Crippen molar-refractivity contribution in [3.63, 3.8) is 0 Å². The predicted octanol–water partition coefficient (Wildman–Crippen LogP) is 4.76. The van der Waals surface area contributed by atoms with E-state index in [4.69, 9.17) is 16.3 Å². The Morgan fingerprint density at radius 3 is 2.84 bits per heavy atom. The van der Waals surface area contributed by atoms with Gasteiger partial charge in [0, 0.05) is 23.8 Å². The van der Waals surface area contributed by atoms with Crippen molar-refractivity contribution in [2.75, 3.05) is 6.54 Å². The molecule has 1 amide bonds. The number of aromatic nitrogens is 2. The molecule has 1 aromatic carbocycles. The van der Waals surface area contributed by atoms with Gasteiger partial charge in [0.1, 0.15) is 29.6 Å². The van der Waals surface area contributed by atoms with Crippen LogP contribution in [0.5, 0.6) is 5.88 Å². The third-order valence-corrected chi connectivity index (χ3v) is 7.59. The first-order valence-corrected chi connectivity index (χ1v) is 11.1. The summed E-state index contributed by atoms with van der Waals surface area (Å²) in [5, 5.41) is 0.318. The van der Waals surface area contributed by atoms with Crippen molar-refractivity contribution in [3.05, 3.63) is 53.2 Å². The third-order valence-electron chi connectivity index (χ3n) is 7.39. The standard InChI is InChI=1S/C23H24ClF2N3O2/c1-13(31-21-7-20(24)27-12-28-21)23-8-15(9-23)18(10-23)22(30)29-11-17(26)6-19(29)14-3-2-4-16(25)5-14/h2-5,7,12-13,15,17-19H,6,8-11H2,1H3/t13?,15?,17?,18-,19?,23?/m0/s1. The second-order valence-electron chi connectivity index (χ2n) is 9.17. The van der Waals surface area contributed by atoms with E-state index in [-0.39, 0.29) is 48.0 Å². The fourth-order valence-electron chi connectivity index (χ4n) is 5.79. The molecular formula is C23H24ClF2N3O2. The molecule has 5 nitrogen and oxygen atoms in total. The van der Waals surface area contributed by atoms with Crippen molar-refractivity contribution >= 4 is 17.5 Å². The number of ether oxygens (including phenoxy) is 1. The zero-order valence-corrected chi connectivity index (χ0v) is 17.9. The number of nitrogens with zero attached hydrogens (tertiary/aromatic N) is 3. The molecule has 4 atom stereocenters. The lowest BCUT2D eigenvalue weighted by atomic mass is 9.66. The van der Waals surface area contributed by atoms with E-state index in [0.29, 0.717) is 23.0 Å². The van der Waals surface area contributed by atoms with Crippen LogP contribution in [0.25, 0.3) is 0 Å². The molecule has 2 aromatic rings. The molecule has 0 radical (unpaired) electrons. The zero-order chi connectivity index (χ0) is 21.8. The third kappa shape index (κ3) is 3.67. The molecule has 31 heavy (non-hydrogen) atoms. The van der Waals surface area contributed by atoms with Crippen molar-refractivity contribution in [1.82, 2.24) is 14.9 Å². The Labute approximate surface area is 184 Å². The lowest BCUT2D eigenvalue weighted by Crippen LogP contribution is -2.42. The molecule has 1 saturated heterocycles. The van der Waals surface area contributed by atoms with Crippen LogP contribution in [-0.2, 0) is 4.79 Å². The van der Waals surface area contributed by atoms with Gasteiger partial charge in [-0.2, -0.15) is 0 Å². The van der Waals surface area contributed by atoms with Gasteiger partial charge in [-0.3, -0.25) is 4.79 Å². The summed E-state index contributed by atoms with van der Waals surface area (Å²) in [6.07, 6.45) is 2.87. The van der Waals surface area contributed by atoms with Gasteiger partial charge in [-0.05, 0) is 49.8 Å². The fourth-order valence-corrected chi connectivity index (χ4v) is 5.92.